The summed E-state index contributed by atoms with van der Waals surface area (Å²) in [7, 11) is 0. The third kappa shape index (κ3) is 1.99. The topological polar surface area (TPSA) is 48.1 Å². The number of hydrogen-bond acceptors (Lipinski definition) is 3. The molecular weight excluding hydrogens is 200 g/mol. The van der Waals surface area contributed by atoms with E-state index < -0.39 is 0 Å². The van der Waals surface area contributed by atoms with Crippen LogP contribution >= 0.6 is 0 Å². The average molecular weight is 216 g/mol. The molecule has 0 saturated carbocycles. The van der Waals surface area contributed by atoms with E-state index >= 15 is 0 Å². The van der Waals surface area contributed by atoms with Crippen molar-refractivity contribution in [2.45, 2.75) is 19.9 Å². The van der Waals surface area contributed by atoms with E-state index in [1.54, 1.807) is 6.20 Å². The second-order valence-electron chi connectivity index (χ2n) is 3.67. The Labute approximate surface area is 95.2 Å². The van der Waals surface area contributed by atoms with Gasteiger partial charge in [0.1, 0.15) is 5.75 Å². The molecule has 0 bridgehead atoms. The Morgan fingerprint density at radius 1 is 1.31 bits per heavy atom. The number of rotatable bonds is 4. The maximum atomic E-state index is 5.78. The summed E-state index contributed by atoms with van der Waals surface area (Å²) in [5, 5.41) is 1.08. The van der Waals surface area contributed by atoms with Gasteiger partial charge >= 0.3 is 0 Å². The SMILES string of the molecule is CCCOc1cnc2ccccc2c1CN. The Bertz CT molecular complexity index is 482. The zero-order valence-electron chi connectivity index (χ0n) is 9.44. The van der Waals surface area contributed by atoms with Gasteiger partial charge < -0.3 is 10.5 Å². The Balaban J connectivity index is 2.50. The van der Waals surface area contributed by atoms with Crippen molar-refractivity contribution < 1.29 is 4.74 Å². The van der Waals surface area contributed by atoms with Gasteiger partial charge in [-0.05, 0) is 12.5 Å². The minimum absolute atomic E-state index is 0.474. The quantitative estimate of drug-likeness (QED) is 0.854. The predicted octanol–water partition coefficient (Wildman–Crippen LogP) is 2.48. The summed E-state index contributed by atoms with van der Waals surface area (Å²) in [4.78, 5) is 4.36. The van der Waals surface area contributed by atoms with Crippen LogP contribution in [-0.2, 0) is 6.54 Å². The fraction of sp³-hybridized carbons (Fsp3) is 0.308. The van der Waals surface area contributed by atoms with E-state index in [9.17, 15) is 0 Å². The molecular formula is C13H16N2O. The van der Waals surface area contributed by atoms with Crippen molar-refractivity contribution >= 4 is 10.9 Å². The highest BCUT2D eigenvalue weighted by molar-refractivity contribution is 5.83. The second-order valence-corrected chi connectivity index (χ2v) is 3.67. The summed E-state index contributed by atoms with van der Waals surface area (Å²) in [6, 6.07) is 7.98. The summed E-state index contributed by atoms with van der Waals surface area (Å²) >= 11 is 0. The van der Waals surface area contributed by atoms with Crippen molar-refractivity contribution in [3.8, 4) is 5.75 Å². The van der Waals surface area contributed by atoms with Gasteiger partial charge in [0, 0.05) is 17.5 Å². The van der Waals surface area contributed by atoms with Crippen LogP contribution in [-0.4, -0.2) is 11.6 Å². The fourth-order valence-corrected chi connectivity index (χ4v) is 1.73. The van der Waals surface area contributed by atoms with Crippen LogP contribution in [0.2, 0.25) is 0 Å². The molecule has 0 saturated heterocycles. The molecule has 1 aromatic carbocycles. The lowest BCUT2D eigenvalue weighted by molar-refractivity contribution is 0.313. The normalized spacial score (nSPS) is 10.6. The maximum Gasteiger partial charge on any atom is 0.142 e. The molecule has 1 aromatic heterocycles. The molecule has 2 aromatic rings. The van der Waals surface area contributed by atoms with Crippen molar-refractivity contribution in [2.24, 2.45) is 5.73 Å². The number of hydrogen-bond donors (Lipinski definition) is 1. The minimum atomic E-state index is 0.474. The zero-order valence-corrected chi connectivity index (χ0v) is 9.44. The number of nitrogens with zero attached hydrogens (tertiary/aromatic N) is 1. The number of benzene rings is 1. The van der Waals surface area contributed by atoms with Crippen molar-refractivity contribution in [1.29, 1.82) is 0 Å². The van der Waals surface area contributed by atoms with Crippen molar-refractivity contribution in [3.63, 3.8) is 0 Å². The van der Waals surface area contributed by atoms with Gasteiger partial charge in [-0.3, -0.25) is 4.98 Å². The van der Waals surface area contributed by atoms with E-state index in [2.05, 4.69) is 11.9 Å². The molecule has 2 rings (SSSR count). The first-order valence-electron chi connectivity index (χ1n) is 5.56. The molecule has 0 fully saturated rings. The van der Waals surface area contributed by atoms with Crippen LogP contribution in [0.3, 0.4) is 0 Å². The Morgan fingerprint density at radius 2 is 2.12 bits per heavy atom. The van der Waals surface area contributed by atoms with Crippen LogP contribution in [0.5, 0.6) is 5.75 Å². The largest absolute Gasteiger partial charge is 0.492 e. The summed E-state index contributed by atoms with van der Waals surface area (Å²) in [5.41, 5.74) is 7.79. The third-order valence-corrected chi connectivity index (χ3v) is 2.51. The maximum absolute atomic E-state index is 5.78. The zero-order chi connectivity index (χ0) is 11.4. The highest BCUT2D eigenvalue weighted by atomic mass is 16.5. The smallest absolute Gasteiger partial charge is 0.142 e. The molecule has 84 valence electrons. The van der Waals surface area contributed by atoms with E-state index in [0.29, 0.717) is 13.2 Å². The Kier molecular flexibility index (Phi) is 3.37. The van der Waals surface area contributed by atoms with E-state index in [4.69, 9.17) is 10.5 Å². The van der Waals surface area contributed by atoms with Gasteiger partial charge in [0.2, 0.25) is 0 Å². The highest BCUT2D eigenvalue weighted by Gasteiger charge is 2.07. The molecule has 0 aliphatic carbocycles. The molecule has 3 nitrogen and oxygen atoms in total. The third-order valence-electron chi connectivity index (χ3n) is 2.51. The molecule has 0 aliphatic heterocycles. The number of fused-ring (bicyclic) bond motifs is 1. The second kappa shape index (κ2) is 4.94. The van der Waals surface area contributed by atoms with Gasteiger partial charge in [-0.1, -0.05) is 25.1 Å². The molecule has 3 heteroatoms. The monoisotopic (exact) mass is 216 g/mol. The van der Waals surface area contributed by atoms with Gasteiger partial charge in [0.15, 0.2) is 0 Å². The van der Waals surface area contributed by atoms with Crippen LogP contribution in [0.25, 0.3) is 10.9 Å². The van der Waals surface area contributed by atoms with Gasteiger partial charge in [0.05, 0.1) is 18.3 Å². The Hall–Kier alpha value is -1.61. The highest BCUT2D eigenvalue weighted by Crippen LogP contribution is 2.25. The first kappa shape index (κ1) is 10.9. The number of nitrogens with two attached hydrogens (primary N) is 1. The summed E-state index contributed by atoms with van der Waals surface area (Å²) in [5.74, 6) is 0.808. The van der Waals surface area contributed by atoms with Crippen LogP contribution in [0.4, 0.5) is 0 Å². The van der Waals surface area contributed by atoms with E-state index in [0.717, 1.165) is 28.6 Å². The van der Waals surface area contributed by atoms with Crippen molar-refractivity contribution in [3.05, 3.63) is 36.0 Å². The lowest BCUT2D eigenvalue weighted by Gasteiger charge is -2.11. The molecule has 0 spiro atoms. The van der Waals surface area contributed by atoms with Crippen LogP contribution < -0.4 is 10.5 Å². The minimum Gasteiger partial charge on any atom is -0.492 e. The first-order valence-corrected chi connectivity index (χ1v) is 5.56. The lowest BCUT2D eigenvalue weighted by Crippen LogP contribution is -2.04. The molecule has 0 unspecified atom stereocenters. The first-order chi connectivity index (χ1) is 7.86. The molecule has 2 N–H and O–H groups in total. The summed E-state index contributed by atoms with van der Waals surface area (Å²) in [6.07, 6.45) is 2.75. The predicted molar refractivity (Wildman–Crippen MR) is 65.4 cm³/mol. The number of para-hydroxylation sites is 1. The van der Waals surface area contributed by atoms with Gasteiger partial charge in [0.25, 0.3) is 0 Å². The van der Waals surface area contributed by atoms with Gasteiger partial charge in [-0.15, -0.1) is 0 Å². The standard InChI is InChI=1S/C13H16N2O/c1-2-7-16-13-9-15-12-6-4-3-5-10(12)11(13)8-14/h3-6,9H,2,7-8,14H2,1H3. The molecule has 16 heavy (non-hydrogen) atoms. The molecule has 0 radical (unpaired) electrons. The summed E-state index contributed by atoms with van der Waals surface area (Å²) < 4.78 is 5.64. The molecule has 0 atom stereocenters. The van der Waals surface area contributed by atoms with Crippen LogP contribution in [0.15, 0.2) is 30.5 Å². The van der Waals surface area contributed by atoms with Crippen molar-refractivity contribution in [2.75, 3.05) is 6.61 Å². The van der Waals surface area contributed by atoms with E-state index in [1.807, 2.05) is 24.3 Å². The van der Waals surface area contributed by atoms with E-state index in [-0.39, 0.29) is 0 Å². The average Bonchev–Trinajstić information content (AvgIpc) is 2.35. The summed E-state index contributed by atoms with van der Waals surface area (Å²) in [6.45, 7) is 3.26. The Morgan fingerprint density at radius 3 is 2.88 bits per heavy atom. The van der Waals surface area contributed by atoms with Crippen molar-refractivity contribution in [1.82, 2.24) is 4.98 Å². The fourth-order valence-electron chi connectivity index (χ4n) is 1.73. The lowest BCUT2D eigenvalue weighted by atomic mass is 10.1. The number of ether oxygens (including phenoxy) is 1. The number of pyridine rings is 1. The van der Waals surface area contributed by atoms with Gasteiger partial charge in [-0.2, -0.15) is 0 Å². The van der Waals surface area contributed by atoms with Crippen LogP contribution in [0.1, 0.15) is 18.9 Å². The number of aromatic nitrogens is 1. The van der Waals surface area contributed by atoms with E-state index in [1.165, 1.54) is 0 Å². The van der Waals surface area contributed by atoms with Crippen LogP contribution in [0, 0.1) is 0 Å². The molecule has 1 heterocycles. The molecule has 0 amide bonds. The molecule has 0 aliphatic rings. The van der Waals surface area contributed by atoms with Gasteiger partial charge in [-0.25, -0.2) is 0 Å².